The molecule has 0 unspecified atom stereocenters. The van der Waals surface area contributed by atoms with Gasteiger partial charge < -0.3 is 30.6 Å². The summed E-state index contributed by atoms with van der Waals surface area (Å²) in [6.07, 6.45) is 1.12. The first-order valence-corrected chi connectivity index (χ1v) is 7.29. The van der Waals surface area contributed by atoms with Gasteiger partial charge in [0.25, 0.3) is 0 Å². The summed E-state index contributed by atoms with van der Waals surface area (Å²) in [6.45, 7) is -2.25. The van der Waals surface area contributed by atoms with Crippen LogP contribution in [0.5, 0.6) is 0 Å². The van der Waals surface area contributed by atoms with Crippen molar-refractivity contribution in [2.45, 2.75) is 0 Å². The molecule has 0 saturated carbocycles. The fourth-order valence-electron chi connectivity index (χ4n) is 1.62. The summed E-state index contributed by atoms with van der Waals surface area (Å²) in [5.41, 5.74) is 0. The van der Waals surface area contributed by atoms with Crippen molar-refractivity contribution in [2.24, 2.45) is 0 Å². The normalized spacial score (nSPS) is 10.4. The van der Waals surface area contributed by atoms with Crippen LogP contribution in [-0.4, -0.2) is 116 Å². The van der Waals surface area contributed by atoms with Crippen molar-refractivity contribution in [3.05, 3.63) is 12.2 Å². The van der Waals surface area contributed by atoms with Gasteiger partial charge in [0, 0.05) is 25.2 Å². The molecule has 14 nitrogen and oxygen atoms in total. The van der Waals surface area contributed by atoms with Crippen LogP contribution in [0.3, 0.4) is 0 Å². The lowest BCUT2D eigenvalue weighted by Gasteiger charge is -2.23. The van der Waals surface area contributed by atoms with Crippen LogP contribution in [0.2, 0.25) is 0 Å². The van der Waals surface area contributed by atoms with Crippen LogP contribution < -0.4 is 0 Å². The fraction of sp³-hybridized carbons (Fsp3) is 0.429. The van der Waals surface area contributed by atoms with Gasteiger partial charge in [-0.2, -0.15) is 0 Å². The molecule has 0 amide bonds. The molecule has 0 fully saturated rings. The molecule has 0 aliphatic carbocycles. The van der Waals surface area contributed by atoms with Crippen molar-refractivity contribution < 1.29 is 59.4 Å². The van der Waals surface area contributed by atoms with Crippen molar-refractivity contribution in [1.29, 1.82) is 0 Å². The van der Waals surface area contributed by atoms with Crippen LogP contribution in [0, 0.1) is 0 Å². The Bertz CT molecular complexity index is 531. The first-order valence-electron chi connectivity index (χ1n) is 7.29. The molecular formula is C14H20N2O12. The summed E-state index contributed by atoms with van der Waals surface area (Å²) >= 11 is 0. The Balaban J connectivity index is 0. The molecule has 0 aromatic rings. The van der Waals surface area contributed by atoms with E-state index in [0.29, 0.717) is 12.2 Å². The van der Waals surface area contributed by atoms with Gasteiger partial charge >= 0.3 is 35.8 Å². The van der Waals surface area contributed by atoms with Gasteiger partial charge in [-0.3, -0.25) is 29.0 Å². The highest BCUT2D eigenvalue weighted by Gasteiger charge is 2.17. The van der Waals surface area contributed by atoms with Gasteiger partial charge in [-0.05, 0) is 0 Å². The van der Waals surface area contributed by atoms with Crippen molar-refractivity contribution in [2.75, 3.05) is 39.3 Å². The third-order valence-corrected chi connectivity index (χ3v) is 2.54. The Kier molecular flexibility index (Phi) is 14.0. The monoisotopic (exact) mass is 408 g/mol. The van der Waals surface area contributed by atoms with Gasteiger partial charge in [0.15, 0.2) is 0 Å². The molecule has 0 aliphatic heterocycles. The summed E-state index contributed by atoms with van der Waals surface area (Å²) in [7, 11) is 0. The number of hydrogen-bond donors (Lipinski definition) is 6. The lowest BCUT2D eigenvalue weighted by Crippen LogP contribution is -2.43. The lowest BCUT2D eigenvalue weighted by molar-refractivity contribution is -0.145. The average Bonchev–Trinajstić information content (AvgIpc) is 2.48. The van der Waals surface area contributed by atoms with E-state index in [9.17, 15) is 28.8 Å². The van der Waals surface area contributed by atoms with Crippen molar-refractivity contribution in [3.63, 3.8) is 0 Å². The quantitative estimate of drug-likeness (QED) is 0.175. The number of carboxylic acid groups (broad SMARTS) is 6. The van der Waals surface area contributed by atoms with E-state index in [0.717, 1.165) is 9.80 Å². The van der Waals surface area contributed by atoms with Crippen LogP contribution in [0.25, 0.3) is 0 Å². The van der Waals surface area contributed by atoms with E-state index in [2.05, 4.69) is 0 Å². The SMILES string of the molecule is O=C(O)/C=C/C(=O)O.O=C(O)CN(CCN(CC(=O)O)CC(=O)O)CC(=O)O. The fourth-order valence-corrected chi connectivity index (χ4v) is 1.62. The summed E-state index contributed by atoms with van der Waals surface area (Å²) in [6, 6.07) is 0. The molecule has 14 heteroatoms. The molecule has 0 bridgehead atoms. The molecule has 0 atom stereocenters. The minimum atomic E-state index is -1.26. The average molecular weight is 408 g/mol. The van der Waals surface area contributed by atoms with Crippen LogP contribution in [0.15, 0.2) is 12.2 Å². The first kappa shape index (κ1) is 26.7. The van der Waals surface area contributed by atoms with Gasteiger partial charge in [0.2, 0.25) is 0 Å². The van der Waals surface area contributed by atoms with Crippen LogP contribution in [0.4, 0.5) is 0 Å². The van der Waals surface area contributed by atoms with Crippen molar-refractivity contribution in [3.8, 4) is 0 Å². The Labute approximate surface area is 157 Å². The predicted octanol–water partition coefficient (Wildman–Crippen LogP) is -2.36. The zero-order valence-corrected chi connectivity index (χ0v) is 14.4. The van der Waals surface area contributed by atoms with Crippen molar-refractivity contribution >= 4 is 35.8 Å². The Morgan fingerprint density at radius 2 is 0.714 bits per heavy atom. The molecule has 0 aliphatic rings. The molecule has 0 aromatic heterocycles. The molecule has 28 heavy (non-hydrogen) atoms. The zero-order chi connectivity index (χ0) is 22.3. The number of aliphatic carboxylic acids is 6. The Morgan fingerprint density at radius 1 is 0.500 bits per heavy atom. The minimum absolute atomic E-state index is 0.0703. The second-order valence-electron chi connectivity index (χ2n) is 5.01. The highest BCUT2D eigenvalue weighted by atomic mass is 16.4. The van der Waals surface area contributed by atoms with Gasteiger partial charge in [0.05, 0.1) is 26.2 Å². The number of carbonyl (C=O) groups is 6. The smallest absolute Gasteiger partial charge is 0.328 e. The number of hydrogen-bond acceptors (Lipinski definition) is 8. The third kappa shape index (κ3) is 20.5. The second-order valence-corrected chi connectivity index (χ2v) is 5.01. The van der Waals surface area contributed by atoms with Gasteiger partial charge in [-0.1, -0.05) is 0 Å². The molecule has 0 heterocycles. The maximum atomic E-state index is 10.6. The Morgan fingerprint density at radius 3 is 0.857 bits per heavy atom. The lowest BCUT2D eigenvalue weighted by atomic mass is 10.4. The molecular weight excluding hydrogens is 388 g/mol. The van der Waals surface area contributed by atoms with Crippen LogP contribution in [-0.2, 0) is 28.8 Å². The largest absolute Gasteiger partial charge is 0.480 e. The summed E-state index contributed by atoms with van der Waals surface area (Å²) in [4.78, 5) is 63.5. The molecule has 0 saturated heterocycles. The molecule has 0 rings (SSSR count). The molecule has 6 N–H and O–H groups in total. The Hall–Kier alpha value is -3.52. The minimum Gasteiger partial charge on any atom is -0.480 e. The van der Waals surface area contributed by atoms with E-state index in [1.54, 1.807) is 0 Å². The molecule has 158 valence electrons. The molecule has 0 radical (unpaired) electrons. The summed E-state index contributed by atoms with van der Waals surface area (Å²) in [5.74, 6) is -7.42. The van der Waals surface area contributed by atoms with Gasteiger partial charge in [-0.25, -0.2) is 9.59 Å². The number of nitrogens with zero attached hydrogens (tertiary/aromatic N) is 2. The van der Waals surface area contributed by atoms with Gasteiger partial charge in [0.1, 0.15) is 0 Å². The first-order chi connectivity index (χ1) is 12.8. The van der Waals surface area contributed by atoms with E-state index in [1.165, 1.54) is 0 Å². The second kappa shape index (κ2) is 14.6. The molecule has 0 spiro atoms. The van der Waals surface area contributed by atoms with Crippen LogP contribution in [0.1, 0.15) is 0 Å². The number of rotatable bonds is 13. The predicted molar refractivity (Wildman–Crippen MR) is 87.8 cm³/mol. The highest BCUT2D eigenvalue weighted by Crippen LogP contribution is 1.94. The van der Waals surface area contributed by atoms with E-state index in [4.69, 9.17) is 30.6 Å². The topological polar surface area (TPSA) is 230 Å². The van der Waals surface area contributed by atoms with E-state index >= 15 is 0 Å². The maximum Gasteiger partial charge on any atom is 0.328 e. The maximum absolute atomic E-state index is 10.6. The van der Waals surface area contributed by atoms with Gasteiger partial charge in [-0.15, -0.1) is 0 Å². The zero-order valence-electron chi connectivity index (χ0n) is 14.4. The highest BCUT2D eigenvalue weighted by molar-refractivity contribution is 5.89. The summed E-state index contributed by atoms with van der Waals surface area (Å²) < 4.78 is 0. The standard InChI is InChI=1S/C10H16N2O8.C4H4O4/c13-7(14)3-11(4-8(15)16)1-2-12(5-9(17)18)6-10(19)20;5-3(6)1-2-4(7)8/h1-6H2,(H,13,14)(H,15,16)(H,17,18)(H,19,20);1-2H,(H,5,6)(H,7,8)/b;2-1+. The molecule has 0 aromatic carbocycles. The van der Waals surface area contributed by atoms with E-state index in [1.807, 2.05) is 0 Å². The number of carboxylic acids is 6. The third-order valence-electron chi connectivity index (χ3n) is 2.54. The van der Waals surface area contributed by atoms with Crippen molar-refractivity contribution in [1.82, 2.24) is 9.80 Å². The van der Waals surface area contributed by atoms with E-state index < -0.39 is 62.0 Å². The van der Waals surface area contributed by atoms with E-state index in [-0.39, 0.29) is 13.1 Å². The van der Waals surface area contributed by atoms with Crippen LogP contribution >= 0.6 is 0 Å². The summed E-state index contributed by atoms with van der Waals surface area (Å²) in [5, 5.41) is 50.1.